The summed E-state index contributed by atoms with van der Waals surface area (Å²) in [7, 11) is 0. The summed E-state index contributed by atoms with van der Waals surface area (Å²) in [5.74, 6) is -1.42. The number of hydrogen-bond acceptors (Lipinski definition) is 3. The lowest BCUT2D eigenvalue weighted by Crippen LogP contribution is -2.13. The standard InChI is InChI=1S/C15H11F2NO2/c16-11-5-3-6-12(17)15(11)13(19)9-20-14-7-2-1-4-10(14)8-18/h1-7,13,19H,9H2. The molecule has 0 bridgehead atoms. The number of benzene rings is 2. The van der Waals surface area contributed by atoms with Crippen molar-refractivity contribution in [1.29, 1.82) is 5.26 Å². The minimum absolute atomic E-state index is 0.255. The molecule has 1 unspecified atom stereocenters. The van der Waals surface area contributed by atoms with Gasteiger partial charge in [0, 0.05) is 0 Å². The zero-order valence-corrected chi connectivity index (χ0v) is 10.4. The van der Waals surface area contributed by atoms with E-state index < -0.39 is 23.3 Å². The average Bonchev–Trinajstić information content (AvgIpc) is 2.45. The first-order valence-corrected chi connectivity index (χ1v) is 5.87. The third kappa shape index (κ3) is 2.92. The van der Waals surface area contributed by atoms with Gasteiger partial charge >= 0.3 is 0 Å². The van der Waals surface area contributed by atoms with Crippen LogP contribution in [-0.2, 0) is 0 Å². The first-order chi connectivity index (χ1) is 9.63. The van der Waals surface area contributed by atoms with Crippen molar-refractivity contribution in [3.63, 3.8) is 0 Å². The van der Waals surface area contributed by atoms with Crippen LogP contribution in [0.3, 0.4) is 0 Å². The largest absolute Gasteiger partial charge is 0.489 e. The van der Waals surface area contributed by atoms with Crippen molar-refractivity contribution in [2.75, 3.05) is 6.61 Å². The molecule has 0 saturated carbocycles. The van der Waals surface area contributed by atoms with Gasteiger partial charge < -0.3 is 9.84 Å². The van der Waals surface area contributed by atoms with E-state index >= 15 is 0 Å². The van der Waals surface area contributed by atoms with Gasteiger partial charge in [0.05, 0.1) is 11.1 Å². The highest BCUT2D eigenvalue weighted by Gasteiger charge is 2.18. The molecule has 1 N–H and O–H groups in total. The molecule has 0 aliphatic heterocycles. The average molecular weight is 275 g/mol. The molecule has 102 valence electrons. The predicted molar refractivity (Wildman–Crippen MR) is 68.0 cm³/mol. The number of nitrogens with zero attached hydrogens (tertiary/aromatic N) is 1. The van der Waals surface area contributed by atoms with Crippen LogP contribution in [0.2, 0.25) is 0 Å². The first-order valence-electron chi connectivity index (χ1n) is 5.87. The van der Waals surface area contributed by atoms with Crippen molar-refractivity contribution in [3.05, 3.63) is 65.2 Å². The van der Waals surface area contributed by atoms with Gasteiger partial charge in [0.2, 0.25) is 0 Å². The Kier molecular flexibility index (Phi) is 4.28. The summed E-state index contributed by atoms with van der Waals surface area (Å²) in [6.07, 6.45) is -1.46. The summed E-state index contributed by atoms with van der Waals surface area (Å²) in [5, 5.41) is 18.7. The molecule has 2 rings (SSSR count). The van der Waals surface area contributed by atoms with Crippen molar-refractivity contribution in [2.24, 2.45) is 0 Å². The fourth-order valence-corrected chi connectivity index (χ4v) is 1.77. The quantitative estimate of drug-likeness (QED) is 0.933. The van der Waals surface area contributed by atoms with Gasteiger partial charge in [-0.3, -0.25) is 0 Å². The Bertz CT molecular complexity index is 632. The normalized spacial score (nSPS) is 11.7. The SMILES string of the molecule is N#Cc1ccccc1OCC(O)c1c(F)cccc1F. The molecule has 0 aliphatic carbocycles. The summed E-state index contributed by atoms with van der Waals surface area (Å²) in [6, 6.07) is 11.7. The van der Waals surface area contributed by atoms with Gasteiger partial charge in [0.25, 0.3) is 0 Å². The van der Waals surface area contributed by atoms with Crippen LogP contribution in [-0.4, -0.2) is 11.7 Å². The fraction of sp³-hybridized carbons (Fsp3) is 0.133. The fourth-order valence-electron chi connectivity index (χ4n) is 1.77. The number of para-hydroxylation sites is 1. The zero-order chi connectivity index (χ0) is 14.5. The number of aliphatic hydroxyl groups is 1. The minimum Gasteiger partial charge on any atom is -0.489 e. The molecule has 0 amide bonds. The second-order valence-corrected chi connectivity index (χ2v) is 4.07. The van der Waals surface area contributed by atoms with Crippen LogP contribution >= 0.6 is 0 Å². The molecule has 3 nitrogen and oxygen atoms in total. The molecule has 1 atom stereocenters. The molecule has 0 fully saturated rings. The summed E-state index contributed by atoms with van der Waals surface area (Å²) < 4.78 is 32.2. The van der Waals surface area contributed by atoms with Gasteiger partial charge in [0.1, 0.15) is 36.2 Å². The highest BCUT2D eigenvalue weighted by atomic mass is 19.1. The van der Waals surface area contributed by atoms with E-state index in [0.717, 1.165) is 12.1 Å². The van der Waals surface area contributed by atoms with E-state index in [-0.39, 0.29) is 17.9 Å². The van der Waals surface area contributed by atoms with E-state index in [1.54, 1.807) is 24.3 Å². The van der Waals surface area contributed by atoms with E-state index in [1.165, 1.54) is 6.07 Å². The number of rotatable bonds is 4. The highest BCUT2D eigenvalue weighted by Crippen LogP contribution is 2.23. The maximum absolute atomic E-state index is 13.5. The van der Waals surface area contributed by atoms with Gasteiger partial charge in [-0.1, -0.05) is 18.2 Å². The maximum Gasteiger partial charge on any atom is 0.137 e. The van der Waals surface area contributed by atoms with Crippen LogP contribution < -0.4 is 4.74 Å². The van der Waals surface area contributed by atoms with Gasteiger partial charge in [-0.2, -0.15) is 5.26 Å². The number of nitriles is 1. The van der Waals surface area contributed by atoms with Crippen LogP contribution in [0.15, 0.2) is 42.5 Å². The van der Waals surface area contributed by atoms with Crippen molar-refractivity contribution in [2.45, 2.75) is 6.10 Å². The summed E-state index contributed by atoms with van der Waals surface area (Å²) in [6.45, 7) is -0.351. The Labute approximate surface area is 114 Å². The molecule has 0 spiro atoms. The van der Waals surface area contributed by atoms with E-state index in [9.17, 15) is 13.9 Å². The number of aliphatic hydroxyl groups excluding tert-OH is 1. The minimum atomic E-state index is -1.46. The number of halogens is 2. The topological polar surface area (TPSA) is 53.2 Å². The molecule has 0 saturated heterocycles. The molecule has 2 aromatic carbocycles. The summed E-state index contributed by atoms with van der Waals surface area (Å²) >= 11 is 0. The monoisotopic (exact) mass is 275 g/mol. The maximum atomic E-state index is 13.5. The van der Waals surface area contributed by atoms with Crippen LogP contribution in [0.5, 0.6) is 5.75 Å². The van der Waals surface area contributed by atoms with Gasteiger partial charge in [-0.15, -0.1) is 0 Å². The molecule has 0 heterocycles. The lowest BCUT2D eigenvalue weighted by atomic mass is 10.1. The lowest BCUT2D eigenvalue weighted by molar-refractivity contribution is 0.101. The Morgan fingerprint density at radius 1 is 1.10 bits per heavy atom. The van der Waals surface area contributed by atoms with Crippen LogP contribution in [0.1, 0.15) is 17.2 Å². The molecule has 0 aliphatic rings. The van der Waals surface area contributed by atoms with Crippen molar-refractivity contribution in [3.8, 4) is 11.8 Å². The summed E-state index contributed by atoms with van der Waals surface area (Å²) in [5.41, 5.74) is -0.157. The third-order valence-electron chi connectivity index (χ3n) is 2.74. The molecular weight excluding hydrogens is 264 g/mol. The molecule has 20 heavy (non-hydrogen) atoms. The molecule has 5 heteroatoms. The van der Waals surface area contributed by atoms with E-state index in [4.69, 9.17) is 10.00 Å². The Hall–Kier alpha value is -2.45. The van der Waals surface area contributed by atoms with E-state index in [1.807, 2.05) is 6.07 Å². The predicted octanol–water partition coefficient (Wildman–Crippen LogP) is 2.95. The van der Waals surface area contributed by atoms with Crippen LogP contribution in [0.4, 0.5) is 8.78 Å². The van der Waals surface area contributed by atoms with Crippen molar-refractivity contribution >= 4 is 0 Å². The van der Waals surface area contributed by atoms with Gasteiger partial charge in [-0.25, -0.2) is 8.78 Å². The van der Waals surface area contributed by atoms with Gasteiger partial charge in [0.15, 0.2) is 0 Å². The van der Waals surface area contributed by atoms with Crippen molar-refractivity contribution < 1.29 is 18.6 Å². The van der Waals surface area contributed by atoms with Crippen LogP contribution in [0, 0.1) is 23.0 Å². The Morgan fingerprint density at radius 3 is 2.40 bits per heavy atom. The summed E-state index contributed by atoms with van der Waals surface area (Å²) in [4.78, 5) is 0. The zero-order valence-electron chi connectivity index (χ0n) is 10.4. The van der Waals surface area contributed by atoms with Gasteiger partial charge in [-0.05, 0) is 24.3 Å². The second kappa shape index (κ2) is 6.13. The van der Waals surface area contributed by atoms with Crippen molar-refractivity contribution in [1.82, 2.24) is 0 Å². The highest BCUT2D eigenvalue weighted by molar-refractivity contribution is 5.42. The number of hydrogen-bond donors (Lipinski definition) is 1. The molecule has 0 aromatic heterocycles. The Balaban J connectivity index is 2.13. The number of ether oxygens (including phenoxy) is 1. The molecule has 2 aromatic rings. The second-order valence-electron chi connectivity index (χ2n) is 4.07. The first kappa shape index (κ1) is 14.0. The van der Waals surface area contributed by atoms with E-state index in [0.29, 0.717) is 0 Å². The molecular formula is C15H11F2NO2. The Morgan fingerprint density at radius 2 is 1.75 bits per heavy atom. The lowest BCUT2D eigenvalue weighted by Gasteiger charge is -2.14. The smallest absolute Gasteiger partial charge is 0.137 e. The molecule has 0 radical (unpaired) electrons. The third-order valence-corrected chi connectivity index (χ3v) is 2.74. The van der Waals surface area contributed by atoms with Crippen LogP contribution in [0.25, 0.3) is 0 Å². The van der Waals surface area contributed by atoms with E-state index in [2.05, 4.69) is 0 Å².